The number of benzene rings is 6. The minimum absolute atomic E-state index is 0.710. The van der Waals surface area contributed by atoms with Crippen LogP contribution in [0.2, 0.25) is 0 Å². The Morgan fingerprint density at radius 3 is 1.96 bits per heavy atom. The zero-order valence-electron chi connectivity index (χ0n) is 28.1. The molecule has 52 heavy (non-hydrogen) atoms. The molecule has 0 radical (unpaired) electrons. The highest BCUT2D eigenvalue weighted by Crippen LogP contribution is 2.58. The molecule has 0 saturated carbocycles. The Morgan fingerprint density at radius 1 is 0.519 bits per heavy atom. The highest BCUT2D eigenvalue weighted by atomic mass is 16.5. The fourth-order valence-corrected chi connectivity index (χ4v) is 7.95. The number of rotatable bonds is 6. The molecule has 246 valence electrons. The summed E-state index contributed by atoms with van der Waals surface area (Å²) in [6, 6.07) is 60.7. The Labute approximate surface area is 301 Å². The lowest BCUT2D eigenvalue weighted by Gasteiger charge is -2.42. The van der Waals surface area contributed by atoms with Crippen LogP contribution in [0.3, 0.4) is 0 Å². The van der Waals surface area contributed by atoms with Gasteiger partial charge in [0.2, 0.25) is 0 Å². The van der Waals surface area contributed by atoms with E-state index in [1.54, 1.807) is 6.20 Å². The van der Waals surface area contributed by atoms with Gasteiger partial charge in [-0.25, -0.2) is 4.98 Å². The average molecular weight is 670 g/mol. The number of aromatic nitrogens is 3. The Kier molecular flexibility index (Phi) is 6.96. The summed E-state index contributed by atoms with van der Waals surface area (Å²) in [7, 11) is 0. The number of para-hydroxylation sites is 1. The lowest BCUT2D eigenvalue weighted by molar-refractivity contribution is 0.436. The van der Waals surface area contributed by atoms with Crippen LogP contribution in [0.5, 0.6) is 23.0 Å². The zero-order chi connectivity index (χ0) is 34.5. The van der Waals surface area contributed by atoms with Gasteiger partial charge in [-0.05, 0) is 77.9 Å². The molecule has 3 aromatic heterocycles. The number of pyridine rings is 2. The molecule has 4 heterocycles. The third kappa shape index (κ3) is 4.63. The molecule has 0 unspecified atom stereocenters. The van der Waals surface area contributed by atoms with Crippen LogP contribution in [0.4, 0.5) is 0 Å². The van der Waals surface area contributed by atoms with E-state index in [9.17, 15) is 0 Å². The lowest BCUT2D eigenvalue weighted by atomic mass is 9.63. The van der Waals surface area contributed by atoms with Gasteiger partial charge in [-0.1, -0.05) is 103 Å². The molecule has 0 fully saturated rings. The third-order valence-electron chi connectivity index (χ3n) is 10.1. The van der Waals surface area contributed by atoms with Crippen molar-refractivity contribution in [3.63, 3.8) is 0 Å². The van der Waals surface area contributed by atoms with Crippen LogP contribution in [0, 0.1) is 0 Å². The van der Waals surface area contributed by atoms with Crippen molar-refractivity contribution in [2.75, 3.05) is 0 Å². The summed E-state index contributed by atoms with van der Waals surface area (Å²) >= 11 is 0. The largest absolute Gasteiger partial charge is 0.457 e. The van der Waals surface area contributed by atoms with Crippen LogP contribution in [0.15, 0.2) is 188 Å². The van der Waals surface area contributed by atoms with E-state index in [4.69, 9.17) is 14.5 Å². The number of ether oxygens (including phenoxy) is 2. The van der Waals surface area contributed by atoms with E-state index in [-0.39, 0.29) is 0 Å². The summed E-state index contributed by atoms with van der Waals surface area (Å²) in [6.45, 7) is 0. The molecule has 0 amide bonds. The fraction of sp³-hybridized carbons (Fsp3) is 0.0213. The summed E-state index contributed by atoms with van der Waals surface area (Å²) in [6.07, 6.45) is 3.65. The molecule has 5 nitrogen and oxygen atoms in total. The molecule has 1 aliphatic heterocycles. The molecule has 0 N–H and O–H groups in total. The average Bonchev–Trinajstić information content (AvgIpc) is 3.55. The smallest absolute Gasteiger partial charge is 0.137 e. The van der Waals surface area contributed by atoms with Crippen molar-refractivity contribution >= 4 is 21.8 Å². The number of nitrogens with zero attached hydrogens (tertiary/aromatic N) is 3. The van der Waals surface area contributed by atoms with Crippen LogP contribution in [0.25, 0.3) is 38.9 Å². The van der Waals surface area contributed by atoms with Gasteiger partial charge in [0.05, 0.1) is 22.1 Å². The van der Waals surface area contributed by atoms with E-state index >= 15 is 0 Å². The van der Waals surface area contributed by atoms with E-state index in [1.165, 1.54) is 0 Å². The summed E-state index contributed by atoms with van der Waals surface area (Å²) in [5, 5.41) is 2.19. The minimum Gasteiger partial charge on any atom is -0.457 e. The molecule has 1 aliphatic rings. The van der Waals surface area contributed by atoms with Gasteiger partial charge in [0.15, 0.2) is 0 Å². The molecule has 6 aromatic carbocycles. The van der Waals surface area contributed by atoms with Crippen molar-refractivity contribution < 1.29 is 9.47 Å². The summed E-state index contributed by atoms with van der Waals surface area (Å²) < 4.78 is 15.7. The van der Waals surface area contributed by atoms with E-state index in [0.717, 1.165) is 84.1 Å². The van der Waals surface area contributed by atoms with Gasteiger partial charge in [-0.3, -0.25) is 9.55 Å². The summed E-state index contributed by atoms with van der Waals surface area (Å²) in [4.78, 5) is 9.48. The van der Waals surface area contributed by atoms with Crippen molar-refractivity contribution in [2.45, 2.75) is 5.41 Å². The van der Waals surface area contributed by atoms with Gasteiger partial charge in [-0.15, -0.1) is 0 Å². The standard InChI is InChI=1S/C47H31N3O2/c1-3-15-33(16-4-1)47(34-17-5-2-6-18-34)39-20-7-8-22-42(39)52-43-27-26-38-37-25-24-36(51-35-19-13-14-32(30-35)40-21-9-11-28-48-40)31-41(37)50(46(38)45(43)47)44-23-10-12-29-49-44/h1-31H. The van der Waals surface area contributed by atoms with Gasteiger partial charge in [-0.2, -0.15) is 0 Å². The van der Waals surface area contributed by atoms with Gasteiger partial charge >= 0.3 is 0 Å². The van der Waals surface area contributed by atoms with Crippen LogP contribution in [-0.4, -0.2) is 14.5 Å². The van der Waals surface area contributed by atoms with Gasteiger partial charge < -0.3 is 9.47 Å². The first-order valence-corrected chi connectivity index (χ1v) is 17.4. The predicted octanol–water partition coefficient (Wildman–Crippen LogP) is 11.5. The third-order valence-corrected chi connectivity index (χ3v) is 10.1. The molecule has 0 spiro atoms. The highest BCUT2D eigenvalue weighted by Gasteiger charge is 2.47. The van der Waals surface area contributed by atoms with Crippen molar-refractivity contribution in [3.8, 4) is 40.1 Å². The maximum Gasteiger partial charge on any atom is 0.137 e. The summed E-state index contributed by atoms with van der Waals surface area (Å²) in [5.41, 5.74) is 7.64. The SMILES string of the molecule is c1ccc(C2(c3ccccc3)c3ccccc3Oc3ccc4c5ccc(Oc6cccc(-c7ccccn7)c6)cc5n(-c5ccccn5)c4c32)cc1. The van der Waals surface area contributed by atoms with Gasteiger partial charge in [0, 0.05) is 45.9 Å². The van der Waals surface area contributed by atoms with E-state index in [2.05, 4.69) is 119 Å². The van der Waals surface area contributed by atoms with Crippen LogP contribution in [-0.2, 0) is 5.41 Å². The Bertz CT molecular complexity index is 2690. The molecule has 0 aliphatic carbocycles. The van der Waals surface area contributed by atoms with Gasteiger partial charge in [0.1, 0.15) is 28.8 Å². The Hall–Kier alpha value is -6.98. The first-order valence-electron chi connectivity index (χ1n) is 17.4. The van der Waals surface area contributed by atoms with E-state index < -0.39 is 5.41 Å². The minimum atomic E-state index is -0.710. The highest BCUT2D eigenvalue weighted by molar-refractivity contribution is 6.12. The molecule has 9 aromatic rings. The van der Waals surface area contributed by atoms with Crippen LogP contribution >= 0.6 is 0 Å². The molecular weight excluding hydrogens is 639 g/mol. The Balaban J connectivity index is 1.28. The Morgan fingerprint density at radius 2 is 1.21 bits per heavy atom. The lowest BCUT2D eigenvalue weighted by Crippen LogP contribution is -2.34. The van der Waals surface area contributed by atoms with E-state index in [0.29, 0.717) is 0 Å². The van der Waals surface area contributed by atoms with Crippen LogP contribution < -0.4 is 9.47 Å². The van der Waals surface area contributed by atoms with Crippen LogP contribution in [0.1, 0.15) is 22.3 Å². The normalized spacial score (nSPS) is 12.9. The zero-order valence-corrected chi connectivity index (χ0v) is 28.1. The molecule has 0 saturated heterocycles. The van der Waals surface area contributed by atoms with E-state index in [1.807, 2.05) is 72.9 Å². The van der Waals surface area contributed by atoms with Crippen molar-refractivity contribution in [2.24, 2.45) is 0 Å². The first-order chi connectivity index (χ1) is 25.8. The molecule has 0 atom stereocenters. The quantitative estimate of drug-likeness (QED) is 0.177. The predicted molar refractivity (Wildman–Crippen MR) is 207 cm³/mol. The molecule has 0 bridgehead atoms. The second kappa shape index (κ2) is 12.1. The van der Waals surface area contributed by atoms with Crippen molar-refractivity contribution in [1.29, 1.82) is 0 Å². The monoisotopic (exact) mass is 669 g/mol. The topological polar surface area (TPSA) is 49.2 Å². The van der Waals surface area contributed by atoms with Crippen molar-refractivity contribution in [1.82, 2.24) is 14.5 Å². The second-order valence-corrected chi connectivity index (χ2v) is 13.0. The number of hydrogen-bond acceptors (Lipinski definition) is 4. The summed E-state index contributed by atoms with van der Waals surface area (Å²) in [5.74, 6) is 3.91. The van der Waals surface area contributed by atoms with Crippen molar-refractivity contribution in [3.05, 3.63) is 211 Å². The molecule has 5 heteroatoms. The molecular formula is C47H31N3O2. The second-order valence-electron chi connectivity index (χ2n) is 13.0. The number of hydrogen-bond donors (Lipinski definition) is 0. The number of fused-ring (bicyclic) bond motifs is 6. The maximum atomic E-state index is 6.86. The molecule has 10 rings (SSSR count). The van der Waals surface area contributed by atoms with Gasteiger partial charge in [0.25, 0.3) is 0 Å². The maximum absolute atomic E-state index is 6.86. The fourth-order valence-electron chi connectivity index (χ4n) is 7.95. The first kappa shape index (κ1) is 29.9.